The number of likely N-dealkylation sites (N-methyl/N-ethyl adjacent to an activating group) is 2. The fourth-order valence-corrected chi connectivity index (χ4v) is 4.94. The second kappa shape index (κ2) is 15.7. The summed E-state index contributed by atoms with van der Waals surface area (Å²) in [7, 11) is 2.52. The molecule has 48 heavy (non-hydrogen) atoms. The minimum atomic E-state index is -1.46. The van der Waals surface area contributed by atoms with Crippen LogP contribution in [0.15, 0.2) is 36.4 Å². The highest BCUT2D eigenvalue weighted by Crippen LogP contribution is 2.38. The van der Waals surface area contributed by atoms with Crippen molar-refractivity contribution in [3.8, 4) is 22.6 Å². The number of aliphatic carboxylic acids is 1. The number of nitrogens with zero attached hydrogens (tertiary/aromatic N) is 2. The Bertz CT molecular complexity index is 1600. The Balaban J connectivity index is 1.93. The minimum absolute atomic E-state index is 0.0609. The van der Waals surface area contributed by atoms with E-state index in [1.54, 1.807) is 0 Å². The van der Waals surface area contributed by atoms with Gasteiger partial charge >= 0.3 is 5.97 Å². The van der Waals surface area contributed by atoms with Crippen molar-refractivity contribution in [3.63, 3.8) is 0 Å². The van der Waals surface area contributed by atoms with Gasteiger partial charge in [0.25, 0.3) is 0 Å². The SMILES string of the molecule is C[C@@H]1NC(=O)C(N(C)C(=O)CNC(=O)[C@@H](C)NC(=O)C(CO)N(C)C=O)c2ccc(O)c(c2)-c2cc(ccc2O)CC(C(=O)O)NC1=O. The molecule has 0 aliphatic carbocycles. The summed E-state index contributed by atoms with van der Waals surface area (Å²) in [5, 5.41) is 50.1. The van der Waals surface area contributed by atoms with Gasteiger partial charge in [-0.25, -0.2) is 4.79 Å². The number of aromatic hydroxyl groups is 2. The number of hydrogen-bond acceptors (Lipinski definition) is 10. The number of hydrogen-bond donors (Lipinski definition) is 8. The highest BCUT2D eigenvalue weighted by molar-refractivity contribution is 5.96. The van der Waals surface area contributed by atoms with E-state index in [-0.39, 0.29) is 34.6 Å². The lowest BCUT2D eigenvalue weighted by atomic mass is 9.94. The Morgan fingerprint density at radius 2 is 1.60 bits per heavy atom. The fraction of sp³-hybridized carbons (Fsp3) is 0.387. The number of carboxylic acid groups (broad SMARTS) is 1. The molecular formula is C31H38N6O11. The van der Waals surface area contributed by atoms with E-state index in [4.69, 9.17) is 0 Å². The number of benzene rings is 2. The van der Waals surface area contributed by atoms with Gasteiger partial charge in [-0.1, -0.05) is 12.1 Å². The van der Waals surface area contributed by atoms with Crippen molar-refractivity contribution in [2.75, 3.05) is 27.2 Å². The number of fused-ring (bicyclic) bond motifs is 5. The van der Waals surface area contributed by atoms with E-state index in [1.165, 1.54) is 64.3 Å². The quantitative estimate of drug-likeness (QED) is 0.128. The topological polar surface area (TPSA) is 255 Å². The maximum absolute atomic E-state index is 13.7. The predicted octanol–water partition coefficient (Wildman–Crippen LogP) is -2.04. The average Bonchev–Trinajstić information content (AvgIpc) is 3.04. The molecule has 0 saturated carbocycles. The van der Waals surface area contributed by atoms with Gasteiger partial charge in [-0.2, -0.15) is 0 Å². The number of aliphatic hydroxyl groups excluding tert-OH is 1. The maximum atomic E-state index is 13.7. The molecule has 3 unspecified atom stereocenters. The molecule has 6 amide bonds. The van der Waals surface area contributed by atoms with Crippen LogP contribution in [-0.4, -0.2) is 124 Å². The van der Waals surface area contributed by atoms with Crippen molar-refractivity contribution in [1.29, 1.82) is 0 Å². The zero-order valence-electron chi connectivity index (χ0n) is 26.6. The van der Waals surface area contributed by atoms with Gasteiger partial charge in [0.15, 0.2) is 0 Å². The van der Waals surface area contributed by atoms with Crippen LogP contribution in [0.25, 0.3) is 11.1 Å². The maximum Gasteiger partial charge on any atom is 0.326 e. The second-order valence-electron chi connectivity index (χ2n) is 11.3. The van der Waals surface area contributed by atoms with Gasteiger partial charge in [-0.15, -0.1) is 0 Å². The first-order chi connectivity index (χ1) is 22.6. The number of nitrogens with one attached hydrogen (secondary N) is 4. The molecule has 2 aromatic carbocycles. The largest absolute Gasteiger partial charge is 0.507 e. The Hall–Kier alpha value is -5.71. The van der Waals surface area contributed by atoms with E-state index in [1.807, 2.05) is 0 Å². The molecule has 3 rings (SSSR count). The summed E-state index contributed by atoms with van der Waals surface area (Å²) in [4.78, 5) is 89.9. The van der Waals surface area contributed by atoms with Crippen molar-refractivity contribution in [2.45, 2.75) is 50.5 Å². The third-order valence-electron chi connectivity index (χ3n) is 7.82. The average molecular weight is 671 g/mol. The molecule has 0 spiro atoms. The van der Waals surface area contributed by atoms with Crippen LogP contribution in [0.5, 0.6) is 11.5 Å². The van der Waals surface area contributed by atoms with Gasteiger partial charge in [0.05, 0.1) is 13.2 Å². The Morgan fingerprint density at radius 1 is 0.979 bits per heavy atom. The van der Waals surface area contributed by atoms with Crippen molar-refractivity contribution in [2.24, 2.45) is 0 Å². The standard InChI is InChI=1S/C31H38N6O11/c1-15(33-29(45)22(13-38)36(3)14-39)27(43)32-12-25(42)37(4)26-18-6-8-24(41)20(11-18)19-9-17(5-7-23(19)40)10-21(31(47)48)35-28(44)16(2)34-30(26)46/h5-9,11,14-16,21-22,26,38,40-41H,10,12-13H2,1-4H3,(H,32,43)(H,33,45)(H,34,46)(H,35,44)(H,47,48)/t15-,16+,21?,22?,26?/m1/s1. The number of phenolic OH excluding ortho intramolecular Hbond substituents is 2. The molecule has 4 bridgehead atoms. The third kappa shape index (κ3) is 8.55. The van der Waals surface area contributed by atoms with Crippen LogP contribution in [0.2, 0.25) is 0 Å². The molecule has 1 heterocycles. The molecule has 17 nitrogen and oxygen atoms in total. The van der Waals surface area contributed by atoms with Gasteiger partial charge in [0.1, 0.15) is 41.7 Å². The molecule has 0 saturated heterocycles. The summed E-state index contributed by atoms with van der Waals surface area (Å²) >= 11 is 0. The first kappa shape index (κ1) is 36.8. The summed E-state index contributed by atoms with van der Waals surface area (Å²) in [6.07, 6.45) is 0.152. The van der Waals surface area contributed by atoms with Crippen molar-refractivity contribution >= 4 is 41.9 Å². The number of rotatable bonds is 10. The lowest BCUT2D eigenvalue weighted by molar-refractivity contribution is -0.143. The first-order valence-corrected chi connectivity index (χ1v) is 14.7. The van der Waals surface area contributed by atoms with E-state index < -0.39 is 78.9 Å². The monoisotopic (exact) mass is 670 g/mol. The number of carboxylic acids is 1. The number of aliphatic hydroxyl groups is 1. The Kier molecular flexibility index (Phi) is 12.0. The number of carbonyl (C=O) groups excluding carboxylic acids is 6. The first-order valence-electron chi connectivity index (χ1n) is 14.7. The molecule has 258 valence electrons. The van der Waals surface area contributed by atoms with E-state index in [2.05, 4.69) is 21.3 Å². The van der Waals surface area contributed by atoms with Gasteiger partial charge in [0.2, 0.25) is 35.9 Å². The minimum Gasteiger partial charge on any atom is -0.507 e. The van der Waals surface area contributed by atoms with Crippen LogP contribution in [-0.2, 0) is 40.0 Å². The lowest BCUT2D eigenvalue weighted by Gasteiger charge is -2.30. The third-order valence-corrected chi connectivity index (χ3v) is 7.82. The fourth-order valence-electron chi connectivity index (χ4n) is 4.94. The molecule has 0 radical (unpaired) electrons. The summed E-state index contributed by atoms with van der Waals surface area (Å²) in [6, 6.07) is 1.57. The van der Waals surface area contributed by atoms with E-state index in [9.17, 15) is 54.0 Å². The van der Waals surface area contributed by atoms with Gasteiger partial charge < -0.3 is 51.5 Å². The molecule has 2 aromatic rings. The molecular weight excluding hydrogens is 632 g/mol. The number of carbonyl (C=O) groups is 7. The molecule has 8 N–H and O–H groups in total. The van der Waals surface area contributed by atoms with E-state index >= 15 is 0 Å². The molecule has 5 atom stereocenters. The Labute approximate surface area is 274 Å². The summed E-state index contributed by atoms with van der Waals surface area (Å²) < 4.78 is 0. The second-order valence-corrected chi connectivity index (χ2v) is 11.3. The highest BCUT2D eigenvalue weighted by atomic mass is 16.4. The van der Waals surface area contributed by atoms with Gasteiger partial charge in [0, 0.05) is 31.6 Å². The number of phenols is 2. The van der Waals surface area contributed by atoms with Gasteiger partial charge in [-0.3, -0.25) is 28.8 Å². The van der Waals surface area contributed by atoms with Crippen LogP contribution in [0.3, 0.4) is 0 Å². The van der Waals surface area contributed by atoms with Crippen molar-refractivity contribution in [1.82, 2.24) is 31.1 Å². The van der Waals surface area contributed by atoms with Crippen LogP contribution < -0.4 is 21.3 Å². The molecule has 1 aliphatic heterocycles. The molecule has 0 aromatic heterocycles. The smallest absolute Gasteiger partial charge is 0.326 e. The lowest BCUT2D eigenvalue weighted by Crippen LogP contribution is -2.54. The summed E-state index contributed by atoms with van der Waals surface area (Å²) in [6.45, 7) is 1.28. The summed E-state index contributed by atoms with van der Waals surface area (Å²) in [5.41, 5.74) is 0.703. The van der Waals surface area contributed by atoms with Crippen molar-refractivity contribution in [3.05, 3.63) is 47.5 Å². The van der Waals surface area contributed by atoms with Crippen LogP contribution in [0.1, 0.15) is 31.0 Å². The predicted molar refractivity (Wildman–Crippen MR) is 167 cm³/mol. The van der Waals surface area contributed by atoms with Crippen LogP contribution >= 0.6 is 0 Å². The van der Waals surface area contributed by atoms with E-state index in [0.717, 1.165) is 9.80 Å². The van der Waals surface area contributed by atoms with E-state index in [0.29, 0.717) is 12.0 Å². The summed E-state index contributed by atoms with van der Waals surface area (Å²) in [5.74, 6) is -6.03. The van der Waals surface area contributed by atoms with Gasteiger partial charge in [-0.05, 0) is 49.2 Å². The Morgan fingerprint density at radius 3 is 2.21 bits per heavy atom. The zero-order valence-corrected chi connectivity index (χ0v) is 26.6. The van der Waals surface area contributed by atoms with Crippen LogP contribution in [0, 0.1) is 0 Å². The molecule has 1 aliphatic rings. The normalized spacial score (nSPS) is 18.9. The highest BCUT2D eigenvalue weighted by Gasteiger charge is 2.33. The van der Waals surface area contributed by atoms with Crippen molar-refractivity contribution < 1.29 is 54.0 Å². The molecule has 0 fully saturated rings. The number of amides is 6. The molecule has 17 heteroatoms. The van der Waals surface area contributed by atoms with Crippen LogP contribution in [0.4, 0.5) is 0 Å². The zero-order chi connectivity index (χ0) is 35.9.